The van der Waals surface area contributed by atoms with Gasteiger partial charge in [-0.25, -0.2) is 0 Å². The van der Waals surface area contributed by atoms with Crippen molar-refractivity contribution in [1.29, 1.82) is 0 Å². The maximum absolute atomic E-state index is 4.89. The van der Waals surface area contributed by atoms with Gasteiger partial charge in [0.2, 0.25) is 0 Å². The minimum atomic E-state index is 0. The molecule has 7 heteroatoms. The molecule has 0 aliphatic heterocycles. The molecule has 0 spiro atoms. The van der Waals surface area contributed by atoms with Gasteiger partial charge in [-0.3, -0.25) is 0 Å². The largest absolute Gasteiger partial charge is 2.00 e. The number of hydrogen-bond donors (Lipinski definition) is 0. The first-order chi connectivity index (χ1) is 8.54. The van der Waals surface area contributed by atoms with Crippen LogP contribution in [0.5, 0.6) is 0 Å². The zero-order valence-electron chi connectivity index (χ0n) is 11.8. The fraction of sp³-hybridized carbons (Fsp3) is 0.833. The molecule has 0 saturated heterocycles. The molecule has 0 aromatic carbocycles. The quantitative estimate of drug-likeness (QED) is 0.267. The molecular formula is C12H22O2S4Zn. The van der Waals surface area contributed by atoms with Crippen molar-refractivity contribution in [3.63, 3.8) is 0 Å². The molecule has 0 aliphatic carbocycles. The Kier molecular flexibility index (Phi) is 27.6. The fourth-order valence-corrected chi connectivity index (χ4v) is 1.35. The van der Waals surface area contributed by atoms with E-state index in [1.165, 1.54) is 25.7 Å². The van der Waals surface area contributed by atoms with Crippen molar-refractivity contribution in [1.82, 2.24) is 0 Å². The van der Waals surface area contributed by atoms with Crippen molar-refractivity contribution in [3.05, 3.63) is 0 Å². The number of hydrogen-bond acceptors (Lipinski definition) is 6. The normalized spacial score (nSPS) is 8.53. The monoisotopic (exact) mass is 390 g/mol. The Morgan fingerprint density at radius 2 is 1.11 bits per heavy atom. The molecule has 0 heterocycles. The van der Waals surface area contributed by atoms with Crippen LogP contribution in [0.25, 0.3) is 0 Å². The number of thiocarbonyl (C=S) groups is 2. The van der Waals surface area contributed by atoms with Crippen LogP contribution in [0.4, 0.5) is 0 Å². The van der Waals surface area contributed by atoms with E-state index in [1.807, 2.05) is 0 Å². The molecule has 0 unspecified atom stereocenters. The molecule has 0 rings (SSSR count). The maximum Gasteiger partial charge on any atom is 2.00 e. The average molecular weight is 392 g/mol. The summed E-state index contributed by atoms with van der Waals surface area (Å²) < 4.78 is 10.3. The Labute approximate surface area is 152 Å². The summed E-state index contributed by atoms with van der Waals surface area (Å²) in [5.74, 6) is 0. The van der Waals surface area contributed by atoms with Gasteiger partial charge in [-0.2, -0.15) is 0 Å². The average Bonchev–Trinajstić information content (AvgIpc) is 2.31. The molecule has 0 fully saturated rings. The second kappa shape index (κ2) is 21.1. The van der Waals surface area contributed by atoms with E-state index in [0.29, 0.717) is 13.2 Å². The molecule has 0 bridgehead atoms. The van der Waals surface area contributed by atoms with E-state index >= 15 is 0 Å². The molecule has 0 aliphatic rings. The van der Waals surface area contributed by atoms with E-state index in [0.717, 1.165) is 12.8 Å². The Hall–Kier alpha value is 0.843. The van der Waals surface area contributed by atoms with Gasteiger partial charge < -0.3 is 59.2 Å². The summed E-state index contributed by atoms with van der Waals surface area (Å²) in [6, 6.07) is 0. The van der Waals surface area contributed by atoms with Crippen LogP contribution < -0.4 is 0 Å². The van der Waals surface area contributed by atoms with Gasteiger partial charge in [0.25, 0.3) is 0 Å². The molecule has 0 aromatic heterocycles. The standard InChI is InChI=1S/2C6H12OS2.Zn/c2*1-2-3-4-5-7-6(8)9;/h2*2-5H2,1H3,(H,8,9);/q;;+2/p-2. The van der Waals surface area contributed by atoms with Crippen molar-refractivity contribution in [2.75, 3.05) is 13.2 Å². The van der Waals surface area contributed by atoms with E-state index in [1.54, 1.807) is 0 Å². The Morgan fingerprint density at radius 1 is 0.789 bits per heavy atom. The van der Waals surface area contributed by atoms with Gasteiger partial charge in [0.05, 0.1) is 13.2 Å². The van der Waals surface area contributed by atoms with E-state index in [4.69, 9.17) is 9.47 Å². The van der Waals surface area contributed by atoms with Crippen molar-refractivity contribution < 1.29 is 29.0 Å². The van der Waals surface area contributed by atoms with Crippen LogP contribution >= 0.6 is 24.4 Å². The van der Waals surface area contributed by atoms with Gasteiger partial charge in [-0.05, 0) is 12.8 Å². The van der Waals surface area contributed by atoms with Gasteiger partial charge >= 0.3 is 19.5 Å². The fourth-order valence-electron chi connectivity index (χ4n) is 1.02. The second-order valence-electron chi connectivity index (χ2n) is 3.61. The summed E-state index contributed by atoms with van der Waals surface area (Å²) in [5, 5.41) is 0. The number of rotatable bonds is 8. The Balaban J connectivity index is -0.000000256. The first-order valence-corrected chi connectivity index (χ1v) is 7.85. The van der Waals surface area contributed by atoms with Crippen molar-refractivity contribution >= 4 is 58.5 Å². The van der Waals surface area contributed by atoms with Crippen LogP contribution in [-0.2, 0) is 54.2 Å². The zero-order chi connectivity index (χ0) is 14.2. The van der Waals surface area contributed by atoms with E-state index < -0.39 is 0 Å². The second-order valence-corrected chi connectivity index (χ2v) is 5.61. The first kappa shape index (κ1) is 24.8. The van der Waals surface area contributed by atoms with E-state index in [-0.39, 0.29) is 28.2 Å². The Morgan fingerprint density at radius 3 is 1.32 bits per heavy atom. The zero-order valence-corrected chi connectivity index (χ0v) is 18.0. The van der Waals surface area contributed by atoms with Crippen LogP contribution in [0.2, 0.25) is 0 Å². The summed E-state index contributed by atoms with van der Waals surface area (Å²) >= 11 is 18.2. The van der Waals surface area contributed by atoms with Crippen LogP contribution in [0.1, 0.15) is 52.4 Å². The van der Waals surface area contributed by atoms with Crippen molar-refractivity contribution in [3.8, 4) is 0 Å². The number of ether oxygens (including phenoxy) is 2. The molecule has 0 atom stereocenters. The van der Waals surface area contributed by atoms with E-state index in [9.17, 15) is 0 Å². The van der Waals surface area contributed by atoms with E-state index in [2.05, 4.69) is 63.5 Å². The topological polar surface area (TPSA) is 18.5 Å². The third-order valence-corrected chi connectivity index (χ3v) is 2.41. The SMILES string of the molecule is CCCCCOC(=S)[S-].CCCCCOC(=S)[S-].[Zn+2]. The molecule has 0 aromatic rings. The summed E-state index contributed by atoms with van der Waals surface area (Å²) in [7, 11) is 0. The number of unbranched alkanes of at least 4 members (excludes halogenated alkanes) is 4. The third kappa shape index (κ3) is 32.4. The molecule has 2 nitrogen and oxygen atoms in total. The molecule has 0 radical (unpaired) electrons. The third-order valence-electron chi connectivity index (χ3n) is 1.94. The summed E-state index contributed by atoms with van der Waals surface area (Å²) in [6.07, 6.45) is 6.91. The minimum Gasteiger partial charge on any atom is -0.514 e. The molecule has 0 N–H and O–H groups in total. The molecular weight excluding hydrogens is 370 g/mol. The minimum absolute atomic E-state index is 0. The molecule has 0 amide bonds. The van der Waals surface area contributed by atoms with Gasteiger partial charge in [0.1, 0.15) is 0 Å². The van der Waals surface area contributed by atoms with Gasteiger partial charge in [0, 0.05) is 8.77 Å². The van der Waals surface area contributed by atoms with Gasteiger partial charge in [-0.15, -0.1) is 0 Å². The van der Waals surface area contributed by atoms with Crippen LogP contribution in [0, 0.1) is 0 Å². The smallest absolute Gasteiger partial charge is 0.514 e. The first-order valence-electron chi connectivity index (χ1n) is 6.22. The van der Waals surface area contributed by atoms with Crippen molar-refractivity contribution in [2.45, 2.75) is 52.4 Å². The van der Waals surface area contributed by atoms with Gasteiger partial charge in [0.15, 0.2) is 0 Å². The van der Waals surface area contributed by atoms with Crippen molar-refractivity contribution in [2.24, 2.45) is 0 Å². The van der Waals surface area contributed by atoms with Gasteiger partial charge in [-0.1, -0.05) is 39.5 Å². The molecule has 19 heavy (non-hydrogen) atoms. The summed E-state index contributed by atoms with van der Waals surface area (Å²) in [4.78, 5) is 0. The Bertz CT molecular complexity index is 194. The van der Waals surface area contributed by atoms with Crippen LogP contribution in [0.3, 0.4) is 0 Å². The summed E-state index contributed by atoms with van der Waals surface area (Å²) in [6.45, 7) is 5.67. The predicted octanol–water partition coefficient (Wildman–Crippen LogP) is 4.05. The summed E-state index contributed by atoms with van der Waals surface area (Å²) in [5.41, 5.74) is 0. The van der Waals surface area contributed by atoms with Crippen LogP contribution in [-0.4, -0.2) is 22.0 Å². The molecule has 108 valence electrons. The molecule has 0 saturated carbocycles. The maximum atomic E-state index is 4.89. The van der Waals surface area contributed by atoms with Crippen LogP contribution in [0.15, 0.2) is 0 Å². The predicted molar refractivity (Wildman–Crippen MR) is 90.9 cm³/mol.